The van der Waals surface area contributed by atoms with Gasteiger partial charge in [0.15, 0.2) is 31.5 Å². The molecule has 30 heteroatoms. The van der Waals surface area contributed by atoms with E-state index >= 15 is 0 Å². The molecular weight excluding hydrogens is 1200 g/mol. The first-order valence-electron chi connectivity index (χ1n) is 31.9. The van der Waals surface area contributed by atoms with Crippen LogP contribution in [0.3, 0.4) is 0 Å². The first-order chi connectivity index (χ1) is 42.4. The van der Waals surface area contributed by atoms with Gasteiger partial charge in [0.2, 0.25) is 0 Å². The van der Waals surface area contributed by atoms with Crippen molar-refractivity contribution < 1.29 is 148 Å². The van der Waals surface area contributed by atoms with Crippen LogP contribution in [0.1, 0.15) is 99.3 Å². The van der Waals surface area contributed by atoms with Gasteiger partial charge in [0.25, 0.3) is 0 Å². The zero-order valence-electron chi connectivity index (χ0n) is 51.7. The van der Waals surface area contributed by atoms with E-state index in [1.807, 2.05) is 13.8 Å². The summed E-state index contributed by atoms with van der Waals surface area (Å²) in [5.41, 5.74) is -5.62. The number of fused-ring (bicyclic) bond motifs is 4. The van der Waals surface area contributed by atoms with E-state index < -0.39 is 243 Å². The SMILES string of the molecule is CC(=O)OCC1(C)CC(O)C23COC4(CCC5C6(C)CCC(OC7OCC(OC8OC(CO)C(O)C(O)C8O)C(O)C7OC7OC(CO)C(O)C(O)C7O)C(C)(CO)C6CCC5(C)C4(C)CC2OC2OCC(OC4OC(CO)C(O)C(O)C4O)C(O)C2O)C3C1. The molecule has 5 saturated carbocycles. The summed E-state index contributed by atoms with van der Waals surface area (Å²) in [5, 5.41) is 186. The van der Waals surface area contributed by atoms with Crippen molar-refractivity contribution in [3.8, 4) is 0 Å². The van der Waals surface area contributed by atoms with Crippen LogP contribution in [0.4, 0.5) is 0 Å². The molecule has 0 aromatic heterocycles. The number of carbonyl (C=O) groups is 1. The fourth-order valence-corrected chi connectivity index (χ4v) is 19.4. The maximum atomic E-state index is 12.8. The number of carbonyl (C=O) groups excluding carboxylic acids is 1. The van der Waals surface area contributed by atoms with Gasteiger partial charge in [0, 0.05) is 29.1 Å². The quantitative estimate of drug-likeness (QED) is 0.0506. The highest BCUT2D eigenvalue weighted by molar-refractivity contribution is 5.65. The molecule has 1 spiro atoms. The molecule has 5 aliphatic carbocycles. The Balaban J connectivity index is 0.866. The standard InChI is InChI=1S/C60H98O30/c1-24(65)81-22-54(2)13-32-59(33(66)14-54)23-82-60(32)12-8-31-55(3)10-9-34(88-53-48(90-52-47(78)43(74)38(69)27(18-63)85-52)40(71)29(20-80-53)87-51-46(77)42(73)37(68)26(17-62)84-51)56(4,21-64)30(55)7-11-57(31,5)58(60,6)15-35(59)89-49-44(75)39(70)28(19-79-49)86-50-45(76)41(72)36(67)25(16-61)83-50/h25-53,61-64,66-78H,7-23H2,1-6H3. The number of esters is 1. The molecule has 518 valence electrons. The number of hydrogen-bond acceptors (Lipinski definition) is 30. The summed E-state index contributed by atoms with van der Waals surface area (Å²) in [6.07, 6.45) is -37.0. The number of ether oxygens (including phenoxy) is 12. The van der Waals surface area contributed by atoms with Crippen LogP contribution in [0.25, 0.3) is 0 Å². The van der Waals surface area contributed by atoms with Crippen molar-refractivity contribution in [3.63, 3.8) is 0 Å². The first kappa shape index (κ1) is 69.7. The Morgan fingerprint density at radius 3 is 1.52 bits per heavy atom. The zero-order valence-corrected chi connectivity index (χ0v) is 51.7. The van der Waals surface area contributed by atoms with E-state index in [4.69, 9.17) is 56.8 Å². The average Bonchev–Trinajstić information content (AvgIpc) is 1.31. The lowest BCUT2D eigenvalue weighted by Crippen LogP contribution is -2.76. The molecule has 0 amide bonds. The molecule has 36 atom stereocenters. The van der Waals surface area contributed by atoms with E-state index in [9.17, 15) is 91.6 Å². The second-order valence-corrected chi connectivity index (χ2v) is 29.4. The van der Waals surface area contributed by atoms with Crippen LogP contribution >= 0.6 is 0 Å². The second-order valence-electron chi connectivity index (χ2n) is 29.4. The van der Waals surface area contributed by atoms with Crippen LogP contribution in [0.5, 0.6) is 0 Å². The molecule has 36 unspecified atom stereocenters. The first-order valence-corrected chi connectivity index (χ1v) is 31.9. The van der Waals surface area contributed by atoms with Gasteiger partial charge in [0.05, 0.1) is 82.2 Å². The predicted molar refractivity (Wildman–Crippen MR) is 297 cm³/mol. The minimum atomic E-state index is -1.94. The topological polar surface area (TPSA) is 472 Å². The van der Waals surface area contributed by atoms with E-state index in [2.05, 4.69) is 20.8 Å². The Morgan fingerprint density at radius 2 is 0.989 bits per heavy atom. The smallest absolute Gasteiger partial charge is 0.302 e. The Kier molecular flexibility index (Phi) is 19.9. The third-order valence-electron chi connectivity index (χ3n) is 24.6. The maximum Gasteiger partial charge on any atom is 0.302 e. The van der Waals surface area contributed by atoms with Crippen molar-refractivity contribution in [1.29, 1.82) is 0 Å². The van der Waals surface area contributed by atoms with Crippen LogP contribution in [0.15, 0.2) is 0 Å². The van der Waals surface area contributed by atoms with Crippen molar-refractivity contribution in [3.05, 3.63) is 0 Å². The summed E-state index contributed by atoms with van der Waals surface area (Å²) in [6.45, 7) is 8.51. The van der Waals surface area contributed by atoms with Crippen molar-refractivity contribution in [1.82, 2.24) is 0 Å². The van der Waals surface area contributed by atoms with Gasteiger partial charge in [0.1, 0.15) is 110 Å². The van der Waals surface area contributed by atoms with Crippen molar-refractivity contribution in [2.45, 2.75) is 265 Å². The third-order valence-corrected chi connectivity index (χ3v) is 24.6. The van der Waals surface area contributed by atoms with E-state index in [1.165, 1.54) is 6.92 Å². The summed E-state index contributed by atoms with van der Waals surface area (Å²) >= 11 is 0. The molecule has 6 aliphatic heterocycles. The normalized spacial score (nSPS) is 56.9. The van der Waals surface area contributed by atoms with E-state index in [0.717, 1.165) is 0 Å². The molecule has 0 radical (unpaired) electrons. The van der Waals surface area contributed by atoms with Gasteiger partial charge in [-0.3, -0.25) is 4.79 Å². The summed E-state index contributed by atoms with van der Waals surface area (Å²) in [4.78, 5) is 12.4. The molecule has 30 nitrogen and oxygen atoms in total. The molecule has 11 fully saturated rings. The van der Waals surface area contributed by atoms with Crippen LogP contribution in [-0.4, -0.2) is 311 Å². The Labute approximate surface area is 520 Å². The Bertz CT molecular complexity index is 2490. The highest BCUT2D eigenvalue weighted by atomic mass is 16.8. The molecule has 11 rings (SSSR count). The zero-order chi connectivity index (χ0) is 65.3. The molecule has 6 saturated heterocycles. The molecule has 17 N–H and O–H groups in total. The minimum absolute atomic E-state index is 0.0291. The molecule has 11 aliphatic rings. The van der Waals surface area contributed by atoms with Crippen LogP contribution < -0.4 is 0 Å². The van der Waals surface area contributed by atoms with E-state index in [1.54, 1.807) is 0 Å². The van der Waals surface area contributed by atoms with Crippen molar-refractivity contribution >= 4 is 5.97 Å². The number of aliphatic hydroxyl groups is 17. The van der Waals surface area contributed by atoms with E-state index in [-0.39, 0.29) is 38.1 Å². The van der Waals surface area contributed by atoms with Crippen LogP contribution in [0.2, 0.25) is 0 Å². The summed E-state index contributed by atoms with van der Waals surface area (Å²) in [7, 11) is 0. The lowest BCUT2D eigenvalue weighted by atomic mass is 9.30. The third kappa shape index (κ3) is 11.0. The van der Waals surface area contributed by atoms with E-state index in [0.29, 0.717) is 51.4 Å². The summed E-state index contributed by atoms with van der Waals surface area (Å²) in [5.74, 6) is -1.20. The Hall–Kier alpha value is -1.65. The molecule has 6 heterocycles. The number of aliphatic hydroxyl groups excluding tert-OH is 17. The number of hydrogen-bond donors (Lipinski definition) is 17. The van der Waals surface area contributed by atoms with Gasteiger partial charge < -0.3 is 144 Å². The molecular formula is C60H98O30. The fraction of sp³-hybridized carbons (Fsp3) is 0.983. The fourth-order valence-electron chi connectivity index (χ4n) is 19.4. The van der Waals surface area contributed by atoms with Gasteiger partial charge in [-0.25, -0.2) is 0 Å². The number of rotatable bonds is 16. The lowest BCUT2D eigenvalue weighted by molar-refractivity contribution is -0.384. The Morgan fingerprint density at radius 1 is 0.489 bits per heavy atom. The minimum Gasteiger partial charge on any atom is -0.465 e. The van der Waals surface area contributed by atoms with Crippen molar-refractivity contribution in [2.24, 2.45) is 50.2 Å². The lowest BCUT2D eigenvalue weighted by Gasteiger charge is -2.75. The molecule has 90 heavy (non-hydrogen) atoms. The largest absolute Gasteiger partial charge is 0.465 e. The van der Waals surface area contributed by atoms with Crippen molar-refractivity contribution in [2.75, 3.05) is 52.9 Å². The van der Waals surface area contributed by atoms with Crippen LogP contribution in [0, 0.1) is 50.2 Å². The van der Waals surface area contributed by atoms with Gasteiger partial charge in [-0.1, -0.05) is 34.6 Å². The molecule has 0 aromatic rings. The highest BCUT2D eigenvalue weighted by Crippen LogP contribution is 2.81. The maximum absolute atomic E-state index is 12.8. The van der Waals surface area contributed by atoms with Crippen LogP contribution in [-0.2, 0) is 61.6 Å². The van der Waals surface area contributed by atoms with Gasteiger partial charge in [-0.05, 0) is 80.5 Å². The predicted octanol–water partition coefficient (Wildman–Crippen LogP) is -5.76. The monoisotopic (exact) mass is 1300 g/mol. The van der Waals surface area contributed by atoms with Gasteiger partial charge >= 0.3 is 5.97 Å². The second kappa shape index (κ2) is 25.6. The van der Waals surface area contributed by atoms with Gasteiger partial charge in [-0.15, -0.1) is 0 Å². The summed E-state index contributed by atoms with van der Waals surface area (Å²) in [6, 6.07) is 0. The molecule has 0 aromatic carbocycles. The molecule has 2 bridgehead atoms. The highest BCUT2D eigenvalue weighted by Gasteiger charge is 2.82. The van der Waals surface area contributed by atoms with Gasteiger partial charge in [-0.2, -0.15) is 0 Å². The summed E-state index contributed by atoms with van der Waals surface area (Å²) < 4.78 is 74.3. The average molecular weight is 1300 g/mol.